The second-order valence-corrected chi connectivity index (χ2v) is 5.19. The average Bonchev–Trinajstić information content (AvgIpc) is 2.35. The predicted octanol–water partition coefficient (Wildman–Crippen LogP) is 1.90. The molecule has 0 aromatic carbocycles. The maximum absolute atomic E-state index is 11.6. The van der Waals surface area contributed by atoms with Crippen molar-refractivity contribution in [3.63, 3.8) is 0 Å². The van der Waals surface area contributed by atoms with Crippen LogP contribution in [0.25, 0.3) is 0 Å². The number of nitrogens with one attached hydrogen (secondary N) is 2. The number of hydrogen-bond donors (Lipinski definition) is 3. The van der Waals surface area contributed by atoms with Gasteiger partial charge in [-0.1, -0.05) is 30.1 Å². The Morgan fingerprint density at radius 1 is 1.42 bits per heavy atom. The van der Waals surface area contributed by atoms with Gasteiger partial charge in [0.15, 0.2) is 0 Å². The van der Waals surface area contributed by atoms with Gasteiger partial charge in [-0.15, -0.1) is 0 Å². The largest absolute Gasteiger partial charge is 0.367 e. The minimum Gasteiger partial charge on any atom is -0.367 e. The number of carbonyl (C=O) groups excluding carboxylic acids is 1. The van der Waals surface area contributed by atoms with Crippen molar-refractivity contribution in [1.82, 2.24) is 10.3 Å². The van der Waals surface area contributed by atoms with Crippen LogP contribution in [0.3, 0.4) is 0 Å². The molecule has 1 aromatic heterocycles. The molecular formula is C12H18Cl2N4O. The quantitative estimate of drug-likeness (QED) is 0.701. The minimum atomic E-state index is -0.211. The molecule has 0 aliphatic carbocycles. The van der Waals surface area contributed by atoms with Crippen molar-refractivity contribution in [2.24, 2.45) is 11.7 Å². The molecule has 0 bridgehead atoms. The van der Waals surface area contributed by atoms with Crippen LogP contribution < -0.4 is 16.4 Å². The molecule has 4 N–H and O–H groups in total. The fourth-order valence-corrected chi connectivity index (χ4v) is 1.76. The maximum atomic E-state index is 11.6. The summed E-state index contributed by atoms with van der Waals surface area (Å²) in [6, 6.07) is 1.44. The molecule has 0 fully saturated rings. The van der Waals surface area contributed by atoms with E-state index in [-0.39, 0.29) is 17.9 Å². The lowest BCUT2D eigenvalue weighted by Crippen LogP contribution is -2.40. The first-order valence-corrected chi connectivity index (χ1v) is 6.75. The molecule has 1 rings (SSSR count). The van der Waals surface area contributed by atoms with Gasteiger partial charge in [0.05, 0.1) is 10.0 Å². The van der Waals surface area contributed by atoms with Crippen LogP contribution >= 0.6 is 23.2 Å². The lowest BCUT2D eigenvalue weighted by molar-refractivity contribution is -0.124. The number of aromatic nitrogens is 1. The zero-order valence-electron chi connectivity index (χ0n) is 10.9. The number of hydrogen-bond acceptors (Lipinski definition) is 4. The average molecular weight is 305 g/mol. The molecule has 0 saturated heterocycles. The predicted molar refractivity (Wildman–Crippen MR) is 78.6 cm³/mol. The molecule has 0 aliphatic rings. The van der Waals surface area contributed by atoms with Gasteiger partial charge < -0.3 is 16.4 Å². The van der Waals surface area contributed by atoms with Crippen LogP contribution in [0.2, 0.25) is 10.0 Å². The molecule has 0 spiro atoms. The van der Waals surface area contributed by atoms with Crippen molar-refractivity contribution in [2.45, 2.75) is 19.9 Å². The van der Waals surface area contributed by atoms with E-state index in [1.54, 1.807) is 19.9 Å². The summed E-state index contributed by atoms with van der Waals surface area (Å²) in [4.78, 5) is 15.7. The maximum Gasteiger partial charge on any atom is 0.224 e. The van der Waals surface area contributed by atoms with Crippen LogP contribution in [0.15, 0.2) is 12.3 Å². The van der Waals surface area contributed by atoms with E-state index in [0.717, 1.165) is 0 Å². The van der Waals surface area contributed by atoms with Gasteiger partial charge in [-0.25, -0.2) is 4.98 Å². The van der Waals surface area contributed by atoms with Crippen molar-refractivity contribution < 1.29 is 4.79 Å². The van der Waals surface area contributed by atoms with Crippen LogP contribution in [0, 0.1) is 5.92 Å². The first kappa shape index (κ1) is 16.0. The summed E-state index contributed by atoms with van der Waals surface area (Å²) in [7, 11) is 0. The third kappa shape index (κ3) is 5.22. The van der Waals surface area contributed by atoms with E-state index >= 15 is 0 Å². The van der Waals surface area contributed by atoms with Gasteiger partial charge in [-0.2, -0.15) is 0 Å². The Balaban J connectivity index is 2.33. The van der Waals surface area contributed by atoms with E-state index in [9.17, 15) is 4.79 Å². The zero-order valence-corrected chi connectivity index (χ0v) is 12.4. The highest BCUT2D eigenvalue weighted by Crippen LogP contribution is 2.21. The molecule has 106 valence electrons. The summed E-state index contributed by atoms with van der Waals surface area (Å²) in [5.74, 6) is 0.268. The van der Waals surface area contributed by atoms with Gasteiger partial charge in [0.1, 0.15) is 5.82 Å². The lowest BCUT2D eigenvalue weighted by atomic mass is 10.0. The number of anilines is 1. The number of carbonyl (C=O) groups is 1. The van der Waals surface area contributed by atoms with E-state index < -0.39 is 0 Å². The number of amides is 1. The van der Waals surface area contributed by atoms with Gasteiger partial charge in [0.25, 0.3) is 0 Å². The number of halogens is 2. The van der Waals surface area contributed by atoms with E-state index in [0.29, 0.717) is 29.0 Å². The highest BCUT2D eigenvalue weighted by molar-refractivity contribution is 6.35. The number of nitrogens with two attached hydrogens (primary N) is 1. The standard InChI is InChI=1S/C12H18Cl2N4O/c1-7(8(2)15)12(19)17-4-3-16-11-10(14)5-9(13)6-18-11/h5-8H,3-4,15H2,1-2H3,(H,16,18)(H,17,19). The zero-order chi connectivity index (χ0) is 14.4. The molecule has 0 aliphatic heterocycles. The van der Waals surface area contributed by atoms with E-state index in [2.05, 4.69) is 15.6 Å². The molecule has 2 unspecified atom stereocenters. The first-order chi connectivity index (χ1) is 8.91. The summed E-state index contributed by atoms with van der Waals surface area (Å²) in [6.45, 7) is 4.59. The summed E-state index contributed by atoms with van der Waals surface area (Å²) < 4.78 is 0. The molecule has 0 radical (unpaired) electrons. The highest BCUT2D eigenvalue weighted by Gasteiger charge is 2.15. The SMILES string of the molecule is CC(N)C(C)C(=O)NCCNc1ncc(Cl)cc1Cl. The van der Waals surface area contributed by atoms with Crippen LogP contribution in [-0.2, 0) is 4.79 Å². The summed E-state index contributed by atoms with van der Waals surface area (Å²) in [6.07, 6.45) is 1.51. The normalized spacial score (nSPS) is 13.7. The molecular weight excluding hydrogens is 287 g/mol. The second-order valence-electron chi connectivity index (χ2n) is 4.35. The van der Waals surface area contributed by atoms with Crippen molar-refractivity contribution >= 4 is 34.9 Å². The smallest absolute Gasteiger partial charge is 0.224 e. The summed E-state index contributed by atoms with van der Waals surface area (Å²) in [5.41, 5.74) is 5.65. The summed E-state index contributed by atoms with van der Waals surface area (Å²) in [5, 5.41) is 6.73. The van der Waals surface area contributed by atoms with E-state index in [1.165, 1.54) is 6.20 Å². The Bertz CT molecular complexity index is 440. The van der Waals surface area contributed by atoms with Crippen molar-refractivity contribution in [3.8, 4) is 0 Å². The van der Waals surface area contributed by atoms with Crippen LogP contribution in [-0.4, -0.2) is 30.0 Å². The highest BCUT2D eigenvalue weighted by atomic mass is 35.5. The van der Waals surface area contributed by atoms with Gasteiger partial charge in [-0.05, 0) is 13.0 Å². The van der Waals surface area contributed by atoms with Gasteiger partial charge >= 0.3 is 0 Å². The van der Waals surface area contributed by atoms with Gasteiger partial charge in [-0.3, -0.25) is 4.79 Å². The Morgan fingerprint density at radius 2 is 2.11 bits per heavy atom. The fraction of sp³-hybridized carbons (Fsp3) is 0.500. The van der Waals surface area contributed by atoms with Crippen LogP contribution in [0.4, 0.5) is 5.82 Å². The molecule has 2 atom stereocenters. The Hall–Kier alpha value is -1.04. The lowest BCUT2D eigenvalue weighted by Gasteiger charge is -2.15. The molecule has 1 heterocycles. The molecule has 1 amide bonds. The third-order valence-corrected chi connectivity index (χ3v) is 3.22. The summed E-state index contributed by atoms with van der Waals surface area (Å²) >= 11 is 11.7. The minimum absolute atomic E-state index is 0.0630. The van der Waals surface area contributed by atoms with Crippen molar-refractivity contribution in [1.29, 1.82) is 0 Å². The molecule has 5 nitrogen and oxygen atoms in total. The Kier molecular flexibility index (Phi) is 6.34. The molecule has 19 heavy (non-hydrogen) atoms. The Morgan fingerprint density at radius 3 is 2.68 bits per heavy atom. The van der Waals surface area contributed by atoms with Crippen molar-refractivity contribution in [3.05, 3.63) is 22.3 Å². The topological polar surface area (TPSA) is 80.0 Å². The number of rotatable bonds is 6. The molecule has 7 heteroatoms. The van der Waals surface area contributed by atoms with E-state index in [1.807, 2.05) is 0 Å². The van der Waals surface area contributed by atoms with E-state index in [4.69, 9.17) is 28.9 Å². The van der Waals surface area contributed by atoms with Crippen LogP contribution in [0.5, 0.6) is 0 Å². The number of nitrogens with zero attached hydrogens (tertiary/aromatic N) is 1. The van der Waals surface area contributed by atoms with Gasteiger partial charge in [0, 0.05) is 31.2 Å². The number of pyridine rings is 1. The van der Waals surface area contributed by atoms with Gasteiger partial charge in [0.2, 0.25) is 5.91 Å². The molecule has 0 saturated carbocycles. The van der Waals surface area contributed by atoms with Crippen LogP contribution in [0.1, 0.15) is 13.8 Å². The Labute approximate surface area is 122 Å². The third-order valence-electron chi connectivity index (χ3n) is 2.73. The fourth-order valence-electron chi connectivity index (χ4n) is 1.31. The second kappa shape index (κ2) is 7.53. The molecule has 1 aromatic rings. The monoisotopic (exact) mass is 304 g/mol. The van der Waals surface area contributed by atoms with Crippen molar-refractivity contribution in [2.75, 3.05) is 18.4 Å². The first-order valence-electron chi connectivity index (χ1n) is 6.00.